The summed E-state index contributed by atoms with van der Waals surface area (Å²) in [6, 6.07) is 2.73. The molecule has 0 aromatic carbocycles. The third-order valence-electron chi connectivity index (χ3n) is 4.32. The number of hydrogen-bond acceptors (Lipinski definition) is 2. The molecule has 0 spiro atoms. The zero-order valence-corrected chi connectivity index (χ0v) is 13.9. The van der Waals surface area contributed by atoms with Crippen LogP contribution in [0.25, 0.3) is 0 Å². The highest BCUT2D eigenvalue weighted by molar-refractivity contribution is 9.09. The highest BCUT2D eigenvalue weighted by atomic mass is 79.9. The van der Waals surface area contributed by atoms with Crippen molar-refractivity contribution >= 4 is 15.9 Å². The van der Waals surface area contributed by atoms with Gasteiger partial charge in [-0.05, 0) is 37.8 Å². The molecule has 0 aliphatic carbocycles. The monoisotopic (exact) mass is 327 g/mol. The van der Waals surface area contributed by atoms with Crippen LogP contribution in [0.15, 0.2) is 12.3 Å². The molecule has 1 aromatic heterocycles. The van der Waals surface area contributed by atoms with Gasteiger partial charge in [0.1, 0.15) is 0 Å². The zero-order chi connectivity index (χ0) is 13.8. The molecule has 2 rings (SSSR count). The van der Waals surface area contributed by atoms with E-state index in [0.29, 0.717) is 10.9 Å². The second-order valence-electron chi connectivity index (χ2n) is 5.77. The van der Waals surface area contributed by atoms with E-state index in [1.165, 1.54) is 18.7 Å². The first-order valence-electron chi connectivity index (χ1n) is 7.54. The van der Waals surface area contributed by atoms with E-state index in [4.69, 9.17) is 5.10 Å². The molecule has 1 aliphatic rings. The van der Waals surface area contributed by atoms with E-state index in [1.807, 2.05) is 0 Å². The van der Waals surface area contributed by atoms with Gasteiger partial charge in [0.15, 0.2) is 0 Å². The number of likely N-dealkylation sites (tertiary alicyclic amines) is 1. The maximum Gasteiger partial charge on any atom is 0.0764 e. The molecule has 1 saturated heterocycles. The van der Waals surface area contributed by atoms with Crippen molar-refractivity contribution in [1.82, 2.24) is 14.7 Å². The predicted molar refractivity (Wildman–Crippen MR) is 83.6 cm³/mol. The Bertz CT molecular complexity index is 386. The van der Waals surface area contributed by atoms with Crippen LogP contribution in [0.5, 0.6) is 0 Å². The van der Waals surface area contributed by atoms with Gasteiger partial charge in [0.25, 0.3) is 0 Å². The first-order valence-corrected chi connectivity index (χ1v) is 8.46. The Balaban J connectivity index is 1.93. The van der Waals surface area contributed by atoms with E-state index in [9.17, 15) is 0 Å². The third kappa shape index (κ3) is 3.82. The van der Waals surface area contributed by atoms with Gasteiger partial charge in [-0.15, -0.1) is 0 Å². The lowest BCUT2D eigenvalue weighted by molar-refractivity contribution is 0.191. The van der Waals surface area contributed by atoms with Crippen LogP contribution in [-0.4, -0.2) is 32.6 Å². The summed E-state index contributed by atoms with van der Waals surface area (Å²) >= 11 is 3.79. The van der Waals surface area contributed by atoms with Gasteiger partial charge in [-0.1, -0.05) is 36.7 Å². The van der Waals surface area contributed by atoms with Crippen LogP contribution in [0.1, 0.15) is 51.8 Å². The van der Waals surface area contributed by atoms with E-state index in [-0.39, 0.29) is 0 Å². The molecule has 0 radical (unpaired) electrons. The van der Waals surface area contributed by atoms with E-state index in [0.717, 1.165) is 31.8 Å². The molecule has 19 heavy (non-hydrogen) atoms. The number of piperidine rings is 1. The highest BCUT2D eigenvalue weighted by Crippen LogP contribution is 2.24. The zero-order valence-electron chi connectivity index (χ0n) is 12.3. The van der Waals surface area contributed by atoms with Crippen LogP contribution in [0.4, 0.5) is 0 Å². The van der Waals surface area contributed by atoms with Crippen LogP contribution >= 0.6 is 15.9 Å². The number of aromatic nitrogens is 2. The number of rotatable bonds is 5. The molecule has 1 fully saturated rings. The van der Waals surface area contributed by atoms with Crippen LogP contribution < -0.4 is 0 Å². The van der Waals surface area contributed by atoms with Crippen molar-refractivity contribution in [3.63, 3.8) is 0 Å². The van der Waals surface area contributed by atoms with Crippen LogP contribution in [0, 0.1) is 5.92 Å². The van der Waals surface area contributed by atoms with Crippen molar-refractivity contribution in [3.8, 4) is 0 Å². The van der Waals surface area contributed by atoms with Crippen molar-refractivity contribution in [2.75, 3.05) is 13.1 Å². The van der Waals surface area contributed by atoms with Gasteiger partial charge in [0.05, 0.1) is 11.7 Å². The lowest BCUT2D eigenvalue weighted by Gasteiger charge is -2.33. The quantitative estimate of drug-likeness (QED) is 0.766. The minimum Gasteiger partial charge on any atom is -0.296 e. The Morgan fingerprint density at radius 3 is 2.79 bits per heavy atom. The molecule has 1 aromatic rings. The molecular formula is C15H26BrN3. The van der Waals surface area contributed by atoms with Crippen LogP contribution in [0.3, 0.4) is 0 Å². The fourth-order valence-corrected chi connectivity index (χ4v) is 3.46. The molecule has 0 saturated carbocycles. The molecule has 3 nitrogen and oxygen atoms in total. The summed E-state index contributed by atoms with van der Waals surface area (Å²) in [7, 11) is 0. The smallest absolute Gasteiger partial charge is 0.0764 e. The van der Waals surface area contributed by atoms with Gasteiger partial charge < -0.3 is 0 Å². The van der Waals surface area contributed by atoms with E-state index >= 15 is 0 Å². The molecule has 0 amide bonds. The molecule has 2 unspecified atom stereocenters. The van der Waals surface area contributed by atoms with Crippen molar-refractivity contribution in [3.05, 3.63) is 18.0 Å². The summed E-state index contributed by atoms with van der Waals surface area (Å²) in [5, 5.41) is 4.75. The number of alkyl halides is 1. The summed E-state index contributed by atoms with van der Waals surface area (Å²) in [5.41, 5.74) is 1.21. The Hall–Kier alpha value is -0.350. The van der Waals surface area contributed by atoms with Crippen molar-refractivity contribution < 1.29 is 0 Å². The Morgan fingerprint density at radius 1 is 1.42 bits per heavy atom. The summed E-state index contributed by atoms with van der Waals surface area (Å²) < 4.78 is 2.15. The average molecular weight is 328 g/mol. The molecular weight excluding hydrogens is 302 g/mol. The molecule has 0 bridgehead atoms. The number of halogens is 1. The standard InChI is InChI=1S/C15H26BrN3/c1-4-14(5-2)19-9-7-13(17-19)10-18-8-6-12(3)15(16)11-18/h7,9,12,14-15H,4-6,8,10-11H2,1-3H3. The van der Waals surface area contributed by atoms with Gasteiger partial charge in [-0.25, -0.2) is 0 Å². The molecule has 2 heterocycles. The lowest BCUT2D eigenvalue weighted by atomic mass is 9.99. The Kier molecular flexibility index (Phi) is 5.46. The maximum absolute atomic E-state index is 4.75. The Morgan fingerprint density at radius 2 is 2.16 bits per heavy atom. The van der Waals surface area contributed by atoms with Gasteiger partial charge in [-0.3, -0.25) is 9.58 Å². The second-order valence-corrected chi connectivity index (χ2v) is 6.95. The Labute approximate surface area is 125 Å². The highest BCUT2D eigenvalue weighted by Gasteiger charge is 2.24. The first kappa shape index (κ1) is 15.0. The van der Waals surface area contributed by atoms with Crippen LogP contribution in [0.2, 0.25) is 0 Å². The van der Waals surface area contributed by atoms with E-state index in [2.05, 4.69) is 58.5 Å². The summed E-state index contributed by atoms with van der Waals surface area (Å²) in [6.45, 7) is 10.1. The third-order valence-corrected chi connectivity index (χ3v) is 5.51. The van der Waals surface area contributed by atoms with E-state index in [1.54, 1.807) is 0 Å². The predicted octanol–water partition coefficient (Wildman–Crippen LogP) is 3.85. The maximum atomic E-state index is 4.75. The number of hydrogen-bond donors (Lipinski definition) is 0. The first-order chi connectivity index (χ1) is 9.13. The van der Waals surface area contributed by atoms with Crippen molar-refractivity contribution in [2.45, 2.75) is 57.4 Å². The lowest BCUT2D eigenvalue weighted by Crippen LogP contribution is -2.39. The SMILES string of the molecule is CCC(CC)n1ccc(CN2CCC(C)C(Br)C2)n1. The second kappa shape index (κ2) is 6.89. The molecule has 4 heteroatoms. The average Bonchev–Trinajstić information content (AvgIpc) is 2.84. The minimum atomic E-state index is 0.555. The van der Waals surface area contributed by atoms with Gasteiger partial charge in [-0.2, -0.15) is 5.10 Å². The molecule has 108 valence electrons. The summed E-state index contributed by atoms with van der Waals surface area (Å²) in [4.78, 5) is 3.14. The number of nitrogens with zero attached hydrogens (tertiary/aromatic N) is 3. The van der Waals surface area contributed by atoms with Crippen molar-refractivity contribution in [2.24, 2.45) is 5.92 Å². The van der Waals surface area contributed by atoms with E-state index < -0.39 is 0 Å². The van der Waals surface area contributed by atoms with Crippen molar-refractivity contribution in [1.29, 1.82) is 0 Å². The molecule has 2 atom stereocenters. The van der Waals surface area contributed by atoms with Gasteiger partial charge in [0.2, 0.25) is 0 Å². The minimum absolute atomic E-state index is 0.555. The largest absolute Gasteiger partial charge is 0.296 e. The molecule has 0 N–H and O–H groups in total. The summed E-state index contributed by atoms with van der Waals surface area (Å²) in [5.74, 6) is 0.790. The summed E-state index contributed by atoms with van der Waals surface area (Å²) in [6.07, 6.45) is 5.74. The van der Waals surface area contributed by atoms with Crippen LogP contribution in [-0.2, 0) is 6.54 Å². The fraction of sp³-hybridized carbons (Fsp3) is 0.800. The molecule has 1 aliphatic heterocycles. The van der Waals surface area contributed by atoms with Gasteiger partial charge >= 0.3 is 0 Å². The normalized spacial score (nSPS) is 25.1. The topological polar surface area (TPSA) is 21.1 Å². The van der Waals surface area contributed by atoms with Gasteiger partial charge in [0, 0.05) is 24.1 Å². The fourth-order valence-electron chi connectivity index (χ4n) is 2.79.